The Morgan fingerprint density at radius 2 is 1.96 bits per heavy atom. The fourth-order valence-corrected chi connectivity index (χ4v) is 3.60. The normalized spacial score (nSPS) is 25.7. The molecule has 0 saturated heterocycles. The van der Waals surface area contributed by atoms with E-state index in [4.69, 9.17) is 4.99 Å². The molecule has 1 fully saturated rings. The first kappa shape index (κ1) is 17.5. The van der Waals surface area contributed by atoms with Crippen molar-refractivity contribution in [1.29, 1.82) is 0 Å². The second-order valence-electron chi connectivity index (χ2n) is 6.95. The summed E-state index contributed by atoms with van der Waals surface area (Å²) in [5.41, 5.74) is 6.36. The summed E-state index contributed by atoms with van der Waals surface area (Å²) in [5.74, 6) is 0.403. The van der Waals surface area contributed by atoms with Crippen LogP contribution in [0.15, 0.2) is 34.4 Å². The fourth-order valence-electron chi connectivity index (χ4n) is 3.60. The van der Waals surface area contributed by atoms with Crippen molar-refractivity contribution in [1.82, 2.24) is 5.43 Å². The average molecular weight is 339 g/mol. The maximum atomic E-state index is 12.2. The predicted molar refractivity (Wildman–Crippen MR) is 99.3 cm³/mol. The third-order valence-electron chi connectivity index (χ3n) is 4.92. The Hall–Kier alpha value is -2.30. The summed E-state index contributed by atoms with van der Waals surface area (Å²) in [5, 5.41) is 4.19. The Bertz CT molecular complexity index is 719. The van der Waals surface area contributed by atoms with E-state index in [0.717, 1.165) is 48.4 Å². The number of benzene rings is 1. The number of nitrogens with zero attached hydrogens (tertiary/aromatic N) is 2. The van der Waals surface area contributed by atoms with E-state index < -0.39 is 0 Å². The maximum Gasteiger partial charge on any atom is 0.240 e. The molecule has 25 heavy (non-hydrogen) atoms. The zero-order valence-electron chi connectivity index (χ0n) is 14.9. The molecule has 132 valence electrons. The monoisotopic (exact) mass is 339 g/mol. The lowest BCUT2D eigenvalue weighted by Gasteiger charge is -2.22. The number of Topliss-reactive ketones (excluding diaryl/α,β-unsaturated/α-hetero) is 1. The SMILES string of the molecule is CCCC1C(=O)CCCC1=Nc1ccc(C2=NNC(=O)C[C@H]2C)cc1. The van der Waals surface area contributed by atoms with Crippen LogP contribution in [0.3, 0.4) is 0 Å². The summed E-state index contributed by atoms with van der Waals surface area (Å²) in [6.07, 6.45) is 4.86. The first-order valence-corrected chi connectivity index (χ1v) is 9.15. The first-order valence-electron chi connectivity index (χ1n) is 9.15. The minimum Gasteiger partial charge on any atom is -0.299 e. The van der Waals surface area contributed by atoms with E-state index in [-0.39, 0.29) is 17.7 Å². The largest absolute Gasteiger partial charge is 0.299 e. The number of ketones is 1. The van der Waals surface area contributed by atoms with E-state index in [1.165, 1.54) is 0 Å². The van der Waals surface area contributed by atoms with Crippen LogP contribution in [0.1, 0.15) is 57.9 Å². The molecule has 1 N–H and O–H groups in total. The molecule has 1 aliphatic heterocycles. The van der Waals surface area contributed by atoms with E-state index in [9.17, 15) is 9.59 Å². The van der Waals surface area contributed by atoms with Gasteiger partial charge in [0.05, 0.1) is 17.3 Å². The Labute approximate surface area is 148 Å². The number of amides is 1. The van der Waals surface area contributed by atoms with Crippen molar-refractivity contribution in [2.24, 2.45) is 21.9 Å². The van der Waals surface area contributed by atoms with Crippen LogP contribution in [0.25, 0.3) is 0 Å². The van der Waals surface area contributed by atoms with E-state index in [1.54, 1.807) is 0 Å². The van der Waals surface area contributed by atoms with Crippen LogP contribution in [0.5, 0.6) is 0 Å². The van der Waals surface area contributed by atoms with E-state index in [1.807, 2.05) is 31.2 Å². The molecular formula is C20H25N3O2. The van der Waals surface area contributed by atoms with Gasteiger partial charge >= 0.3 is 0 Å². The van der Waals surface area contributed by atoms with E-state index in [2.05, 4.69) is 17.5 Å². The van der Waals surface area contributed by atoms with Crippen molar-refractivity contribution >= 4 is 28.8 Å². The van der Waals surface area contributed by atoms with Crippen LogP contribution < -0.4 is 5.43 Å². The van der Waals surface area contributed by atoms with Gasteiger partial charge in [0.15, 0.2) is 0 Å². The lowest BCUT2D eigenvalue weighted by atomic mass is 9.83. The molecule has 1 aliphatic carbocycles. The molecule has 1 amide bonds. The van der Waals surface area contributed by atoms with Crippen LogP contribution in [0.2, 0.25) is 0 Å². The molecule has 0 aromatic heterocycles. The van der Waals surface area contributed by atoms with Gasteiger partial charge in [0, 0.05) is 24.5 Å². The van der Waals surface area contributed by atoms with Crippen molar-refractivity contribution in [2.45, 2.75) is 52.4 Å². The number of nitrogens with one attached hydrogen (secondary N) is 1. The average Bonchev–Trinajstić information content (AvgIpc) is 2.59. The van der Waals surface area contributed by atoms with E-state index >= 15 is 0 Å². The number of carbonyl (C=O) groups is 2. The number of hydrogen-bond donors (Lipinski definition) is 1. The fraction of sp³-hybridized carbons (Fsp3) is 0.500. The highest BCUT2D eigenvalue weighted by molar-refractivity contribution is 6.08. The molecule has 1 unspecified atom stereocenters. The highest BCUT2D eigenvalue weighted by Gasteiger charge is 2.27. The Kier molecular flexibility index (Phi) is 5.41. The highest BCUT2D eigenvalue weighted by Crippen LogP contribution is 2.26. The van der Waals surface area contributed by atoms with Gasteiger partial charge in [0.1, 0.15) is 5.78 Å². The van der Waals surface area contributed by atoms with Crippen LogP contribution in [0.4, 0.5) is 5.69 Å². The first-order chi connectivity index (χ1) is 12.1. The Balaban J connectivity index is 1.80. The number of carbonyl (C=O) groups excluding carboxylic acids is 2. The molecule has 0 spiro atoms. The topological polar surface area (TPSA) is 70.9 Å². The molecule has 0 radical (unpaired) electrons. The summed E-state index contributed by atoms with van der Waals surface area (Å²) in [7, 11) is 0. The van der Waals surface area contributed by atoms with Gasteiger partial charge in [0.25, 0.3) is 0 Å². The standard InChI is InChI=1S/C20H25N3O2/c1-3-5-16-17(6-4-7-18(16)24)21-15-10-8-14(9-11-15)20-13(2)12-19(25)22-23-20/h8-11,13,16H,3-7,12H2,1-2H3,(H,22,25)/t13-,16?/m1/s1. The van der Waals surface area contributed by atoms with Crippen LogP contribution in [-0.2, 0) is 9.59 Å². The summed E-state index contributed by atoms with van der Waals surface area (Å²) >= 11 is 0. The molecule has 1 saturated carbocycles. The van der Waals surface area contributed by atoms with Gasteiger partial charge in [-0.15, -0.1) is 0 Å². The zero-order valence-corrected chi connectivity index (χ0v) is 14.9. The number of rotatable bonds is 4. The second kappa shape index (κ2) is 7.72. The molecule has 1 aromatic carbocycles. The molecule has 3 rings (SSSR count). The number of aliphatic imine (C=N–C) groups is 1. The molecule has 5 nitrogen and oxygen atoms in total. The lowest BCUT2D eigenvalue weighted by Crippen LogP contribution is -2.31. The van der Waals surface area contributed by atoms with Crippen molar-refractivity contribution in [2.75, 3.05) is 0 Å². The minimum absolute atomic E-state index is 0.00335. The summed E-state index contributed by atoms with van der Waals surface area (Å²) in [6.45, 7) is 4.12. The quantitative estimate of drug-likeness (QED) is 0.906. The third kappa shape index (κ3) is 4.03. The molecule has 0 bridgehead atoms. The lowest BCUT2D eigenvalue weighted by molar-refractivity contribution is -0.122. The summed E-state index contributed by atoms with van der Waals surface area (Å²) < 4.78 is 0. The molecular weight excluding hydrogens is 314 g/mol. The number of hydrazone groups is 1. The van der Waals surface area contributed by atoms with Crippen molar-refractivity contribution in [3.63, 3.8) is 0 Å². The molecule has 2 aliphatic rings. The zero-order chi connectivity index (χ0) is 17.8. The minimum atomic E-state index is -0.0387. The van der Waals surface area contributed by atoms with Crippen LogP contribution in [0, 0.1) is 11.8 Å². The molecule has 1 heterocycles. The van der Waals surface area contributed by atoms with Gasteiger partial charge in [-0.05, 0) is 37.0 Å². The third-order valence-corrected chi connectivity index (χ3v) is 4.92. The van der Waals surface area contributed by atoms with Gasteiger partial charge in [-0.1, -0.05) is 32.4 Å². The Morgan fingerprint density at radius 3 is 2.64 bits per heavy atom. The predicted octanol–water partition coefficient (Wildman–Crippen LogP) is 3.79. The van der Waals surface area contributed by atoms with Crippen molar-refractivity contribution in [3.8, 4) is 0 Å². The Morgan fingerprint density at radius 1 is 1.20 bits per heavy atom. The van der Waals surface area contributed by atoms with Gasteiger partial charge in [-0.3, -0.25) is 14.6 Å². The van der Waals surface area contributed by atoms with Crippen LogP contribution >= 0.6 is 0 Å². The maximum absolute atomic E-state index is 12.2. The van der Waals surface area contributed by atoms with Crippen molar-refractivity contribution in [3.05, 3.63) is 29.8 Å². The summed E-state index contributed by atoms with van der Waals surface area (Å²) in [4.78, 5) is 28.3. The molecule has 5 heteroatoms. The van der Waals surface area contributed by atoms with E-state index in [0.29, 0.717) is 18.6 Å². The number of hydrogen-bond acceptors (Lipinski definition) is 4. The van der Waals surface area contributed by atoms with Gasteiger partial charge in [-0.25, -0.2) is 5.43 Å². The summed E-state index contributed by atoms with van der Waals surface area (Å²) in [6, 6.07) is 7.92. The van der Waals surface area contributed by atoms with Gasteiger partial charge < -0.3 is 0 Å². The van der Waals surface area contributed by atoms with Crippen molar-refractivity contribution < 1.29 is 9.59 Å². The van der Waals surface area contributed by atoms with Gasteiger partial charge in [-0.2, -0.15) is 5.10 Å². The molecule has 2 atom stereocenters. The van der Waals surface area contributed by atoms with Crippen LogP contribution in [-0.4, -0.2) is 23.1 Å². The highest BCUT2D eigenvalue weighted by atomic mass is 16.2. The van der Waals surface area contributed by atoms with Gasteiger partial charge in [0.2, 0.25) is 5.91 Å². The molecule has 1 aromatic rings. The second-order valence-corrected chi connectivity index (χ2v) is 6.95. The smallest absolute Gasteiger partial charge is 0.240 e.